The van der Waals surface area contributed by atoms with Gasteiger partial charge in [0, 0.05) is 31.5 Å². The normalized spacial score (nSPS) is 15.2. The largest absolute Gasteiger partial charge is 0.454 e. The van der Waals surface area contributed by atoms with Crippen molar-refractivity contribution in [2.45, 2.75) is 39.5 Å². The molecule has 2 aliphatic rings. The summed E-state index contributed by atoms with van der Waals surface area (Å²) in [6.45, 7) is 5.45. The third-order valence-corrected chi connectivity index (χ3v) is 5.03. The molecule has 1 aromatic carbocycles. The molecular weight excluding hydrogens is 402 g/mol. The SMILES string of the molecule is CCCN(CCC)C(=O)CN1N=C(c2nc(-c3ccc4c(c3)OCO4)no2)CCC1=O. The highest BCUT2D eigenvalue weighted by Gasteiger charge is 2.28. The number of ether oxygens (including phenoxy) is 2. The lowest BCUT2D eigenvalue weighted by Gasteiger charge is -2.26. The van der Waals surface area contributed by atoms with E-state index in [0.29, 0.717) is 48.1 Å². The van der Waals surface area contributed by atoms with E-state index < -0.39 is 0 Å². The molecule has 3 heterocycles. The monoisotopic (exact) mass is 427 g/mol. The molecule has 0 N–H and O–H groups in total. The molecule has 0 aliphatic carbocycles. The van der Waals surface area contributed by atoms with Gasteiger partial charge in [-0.05, 0) is 31.0 Å². The molecule has 0 spiro atoms. The molecule has 2 aliphatic heterocycles. The van der Waals surface area contributed by atoms with E-state index in [0.717, 1.165) is 12.8 Å². The Hall–Kier alpha value is -3.43. The lowest BCUT2D eigenvalue weighted by atomic mass is 10.1. The number of fused-ring (bicyclic) bond motifs is 1. The Kier molecular flexibility index (Phi) is 6.15. The van der Waals surface area contributed by atoms with Crippen molar-refractivity contribution in [3.63, 3.8) is 0 Å². The quantitative estimate of drug-likeness (QED) is 0.636. The average molecular weight is 427 g/mol. The molecule has 0 fully saturated rings. The maximum absolute atomic E-state index is 12.7. The van der Waals surface area contributed by atoms with Crippen molar-refractivity contribution in [3.8, 4) is 22.9 Å². The first-order chi connectivity index (χ1) is 15.1. The summed E-state index contributed by atoms with van der Waals surface area (Å²) in [5.41, 5.74) is 1.21. The van der Waals surface area contributed by atoms with Gasteiger partial charge in [-0.15, -0.1) is 0 Å². The van der Waals surface area contributed by atoms with Crippen LogP contribution < -0.4 is 9.47 Å². The Bertz CT molecular complexity index is 996. The molecule has 0 unspecified atom stereocenters. The van der Waals surface area contributed by atoms with Crippen LogP contribution >= 0.6 is 0 Å². The molecule has 31 heavy (non-hydrogen) atoms. The Labute approximate surface area is 179 Å². The second-order valence-corrected chi connectivity index (χ2v) is 7.37. The summed E-state index contributed by atoms with van der Waals surface area (Å²) >= 11 is 0. The predicted octanol–water partition coefficient (Wildman–Crippen LogP) is 2.44. The lowest BCUT2D eigenvalue weighted by molar-refractivity contribution is -0.141. The number of carbonyl (C=O) groups is 2. The second kappa shape index (κ2) is 9.15. The Morgan fingerprint density at radius 2 is 1.90 bits per heavy atom. The van der Waals surface area contributed by atoms with E-state index in [1.54, 1.807) is 17.0 Å². The Morgan fingerprint density at radius 1 is 1.13 bits per heavy atom. The van der Waals surface area contributed by atoms with Crippen LogP contribution in [0.2, 0.25) is 0 Å². The summed E-state index contributed by atoms with van der Waals surface area (Å²) in [6.07, 6.45) is 2.33. The van der Waals surface area contributed by atoms with Crippen molar-refractivity contribution in [3.05, 3.63) is 24.1 Å². The minimum absolute atomic E-state index is 0.0918. The topological polar surface area (TPSA) is 110 Å². The molecule has 0 radical (unpaired) electrons. The van der Waals surface area contributed by atoms with E-state index in [1.165, 1.54) is 5.01 Å². The maximum Gasteiger partial charge on any atom is 0.274 e. The molecule has 0 saturated heterocycles. The molecule has 0 bridgehead atoms. The number of hydrazone groups is 1. The number of aromatic nitrogens is 2. The number of benzene rings is 1. The third-order valence-electron chi connectivity index (χ3n) is 5.03. The molecule has 4 rings (SSSR count). The van der Waals surface area contributed by atoms with E-state index in [4.69, 9.17) is 14.0 Å². The van der Waals surface area contributed by atoms with Gasteiger partial charge in [0.05, 0.1) is 0 Å². The van der Waals surface area contributed by atoms with Crippen LogP contribution in [-0.2, 0) is 9.59 Å². The molecule has 2 aromatic rings. The molecule has 0 atom stereocenters. The number of rotatable bonds is 8. The molecule has 0 saturated carbocycles. The highest BCUT2D eigenvalue weighted by molar-refractivity contribution is 6.01. The number of amides is 2. The first-order valence-electron chi connectivity index (χ1n) is 10.5. The zero-order valence-corrected chi connectivity index (χ0v) is 17.7. The Morgan fingerprint density at radius 3 is 2.68 bits per heavy atom. The summed E-state index contributed by atoms with van der Waals surface area (Å²) in [4.78, 5) is 31.2. The second-order valence-electron chi connectivity index (χ2n) is 7.37. The maximum atomic E-state index is 12.7. The summed E-state index contributed by atoms with van der Waals surface area (Å²) in [5, 5.41) is 9.59. The Balaban J connectivity index is 1.50. The van der Waals surface area contributed by atoms with Crippen LogP contribution in [0.1, 0.15) is 45.4 Å². The van der Waals surface area contributed by atoms with Crippen LogP contribution in [0.25, 0.3) is 11.4 Å². The van der Waals surface area contributed by atoms with E-state index in [9.17, 15) is 9.59 Å². The minimum Gasteiger partial charge on any atom is -0.454 e. The highest BCUT2D eigenvalue weighted by atomic mass is 16.7. The van der Waals surface area contributed by atoms with E-state index in [2.05, 4.69) is 15.2 Å². The van der Waals surface area contributed by atoms with Gasteiger partial charge >= 0.3 is 0 Å². The van der Waals surface area contributed by atoms with Crippen LogP contribution in [0.15, 0.2) is 27.8 Å². The van der Waals surface area contributed by atoms with Crippen LogP contribution in [0.3, 0.4) is 0 Å². The van der Waals surface area contributed by atoms with Crippen LogP contribution in [0.4, 0.5) is 0 Å². The number of carbonyl (C=O) groups excluding carboxylic acids is 2. The zero-order chi connectivity index (χ0) is 21.8. The van der Waals surface area contributed by atoms with Crippen molar-refractivity contribution in [2.24, 2.45) is 5.10 Å². The van der Waals surface area contributed by atoms with Crippen molar-refractivity contribution in [1.82, 2.24) is 20.0 Å². The van der Waals surface area contributed by atoms with Crippen LogP contribution in [0, 0.1) is 0 Å². The fraction of sp³-hybridized carbons (Fsp3) is 0.476. The molecular formula is C21H25N5O5. The summed E-state index contributed by atoms with van der Waals surface area (Å²) in [6, 6.07) is 5.38. The molecule has 10 heteroatoms. The van der Waals surface area contributed by atoms with Gasteiger partial charge in [0.15, 0.2) is 11.5 Å². The summed E-state index contributed by atoms with van der Waals surface area (Å²) in [7, 11) is 0. The fourth-order valence-electron chi connectivity index (χ4n) is 3.50. The van der Waals surface area contributed by atoms with E-state index in [1.807, 2.05) is 19.9 Å². The molecule has 10 nitrogen and oxygen atoms in total. The van der Waals surface area contributed by atoms with Gasteiger partial charge in [-0.1, -0.05) is 19.0 Å². The van der Waals surface area contributed by atoms with E-state index in [-0.39, 0.29) is 37.5 Å². The average Bonchev–Trinajstić information content (AvgIpc) is 3.44. The van der Waals surface area contributed by atoms with Crippen LogP contribution in [0.5, 0.6) is 11.5 Å². The van der Waals surface area contributed by atoms with Gasteiger partial charge in [-0.25, -0.2) is 5.01 Å². The summed E-state index contributed by atoms with van der Waals surface area (Å²) < 4.78 is 16.1. The third kappa shape index (κ3) is 4.52. The molecule has 164 valence electrons. The molecule has 1 aromatic heterocycles. The zero-order valence-electron chi connectivity index (χ0n) is 17.7. The molecule has 2 amide bonds. The smallest absolute Gasteiger partial charge is 0.274 e. The van der Waals surface area contributed by atoms with Crippen molar-refractivity contribution in [1.29, 1.82) is 0 Å². The first-order valence-corrected chi connectivity index (χ1v) is 10.5. The van der Waals surface area contributed by atoms with Gasteiger partial charge < -0.3 is 18.9 Å². The van der Waals surface area contributed by atoms with Crippen LogP contribution in [-0.4, -0.2) is 64.0 Å². The van der Waals surface area contributed by atoms with Gasteiger partial charge in [0.2, 0.25) is 24.4 Å². The lowest BCUT2D eigenvalue weighted by Crippen LogP contribution is -2.43. The fourth-order valence-corrected chi connectivity index (χ4v) is 3.50. The van der Waals surface area contributed by atoms with Crippen molar-refractivity contribution < 1.29 is 23.6 Å². The number of hydrogen-bond acceptors (Lipinski definition) is 8. The minimum atomic E-state index is -0.194. The summed E-state index contributed by atoms with van der Waals surface area (Å²) in [5.74, 6) is 1.60. The standard InChI is InChI=1S/C21H25N5O5/c1-3-9-25(10-4-2)19(28)12-26-18(27)8-6-15(23-26)21-22-20(24-31-21)14-5-7-16-17(11-14)30-13-29-16/h5,7,11H,3-4,6,8-10,12-13H2,1-2H3. The number of hydrogen-bond donors (Lipinski definition) is 0. The first kappa shape index (κ1) is 20.8. The van der Waals surface area contributed by atoms with Gasteiger partial charge in [-0.2, -0.15) is 10.1 Å². The number of nitrogens with zero attached hydrogens (tertiary/aromatic N) is 5. The predicted molar refractivity (Wildman–Crippen MR) is 111 cm³/mol. The van der Waals surface area contributed by atoms with Gasteiger partial charge in [0.1, 0.15) is 12.3 Å². The van der Waals surface area contributed by atoms with Crippen molar-refractivity contribution in [2.75, 3.05) is 26.4 Å². The van der Waals surface area contributed by atoms with Gasteiger partial charge in [0.25, 0.3) is 5.89 Å². The van der Waals surface area contributed by atoms with E-state index >= 15 is 0 Å². The van der Waals surface area contributed by atoms with Crippen molar-refractivity contribution >= 4 is 17.5 Å². The van der Waals surface area contributed by atoms with Gasteiger partial charge in [-0.3, -0.25) is 9.59 Å². The highest BCUT2D eigenvalue weighted by Crippen LogP contribution is 2.35.